The lowest BCUT2D eigenvalue weighted by molar-refractivity contribution is 0.175. The molecule has 0 aliphatic rings. The Morgan fingerprint density at radius 3 is 2.62 bits per heavy atom. The number of aryl methyl sites for hydroxylation is 1. The van der Waals surface area contributed by atoms with E-state index in [1.165, 1.54) is 0 Å². The Kier molecular flexibility index (Phi) is 3.27. The van der Waals surface area contributed by atoms with Gasteiger partial charge in [0.15, 0.2) is 0 Å². The third kappa shape index (κ3) is 2.43. The van der Waals surface area contributed by atoms with E-state index in [1.807, 2.05) is 29.9 Å². The van der Waals surface area contributed by atoms with Gasteiger partial charge < -0.3 is 9.67 Å². The van der Waals surface area contributed by atoms with Crippen molar-refractivity contribution in [3.05, 3.63) is 53.1 Å². The number of nitrogens with zero attached hydrogens (tertiary/aromatic N) is 2. The van der Waals surface area contributed by atoms with E-state index in [1.54, 1.807) is 18.3 Å². The van der Waals surface area contributed by atoms with E-state index in [-0.39, 0.29) is 0 Å². The number of halogens is 1. The predicted octanol–water partition coefficient (Wildman–Crippen LogP) is 2.35. The number of aliphatic hydroxyl groups excluding tert-OH is 1. The van der Waals surface area contributed by atoms with Gasteiger partial charge in [-0.2, -0.15) is 0 Å². The van der Waals surface area contributed by atoms with Gasteiger partial charge in [0.2, 0.25) is 0 Å². The minimum absolute atomic E-state index is 0.505. The van der Waals surface area contributed by atoms with Crippen LogP contribution in [-0.2, 0) is 13.5 Å². The molecule has 0 bridgehead atoms. The number of rotatable bonds is 3. The number of imidazole rings is 1. The third-order valence-corrected chi connectivity index (χ3v) is 2.80. The summed E-state index contributed by atoms with van der Waals surface area (Å²) in [5.41, 5.74) is 0.854. The topological polar surface area (TPSA) is 38.0 Å². The Morgan fingerprint density at radius 1 is 1.38 bits per heavy atom. The molecule has 0 amide bonds. The summed E-state index contributed by atoms with van der Waals surface area (Å²) in [5, 5.41) is 10.7. The first-order chi connectivity index (χ1) is 7.66. The number of aliphatic hydroxyl groups is 1. The van der Waals surface area contributed by atoms with Crippen LogP contribution in [-0.4, -0.2) is 14.7 Å². The molecule has 0 fully saturated rings. The van der Waals surface area contributed by atoms with Crippen LogP contribution in [0.4, 0.5) is 0 Å². The van der Waals surface area contributed by atoms with Crippen LogP contribution in [0.5, 0.6) is 0 Å². The van der Waals surface area contributed by atoms with Gasteiger partial charge in [-0.05, 0) is 17.7 Å². The number of benzene rings is 1. The van der Waals surface area contributed by atoms with Gasteiger partial charge >= 0.3 is 0 Å². The molecule has 1 N–H and O–H groups in total. The molecule has 1 unspecified atom stereocenters. The summed E-state index contributed by atoms with van der Waals surface area (Å²) in [6, 6.07) is 7.21. The van der Waals surface area contributed by atoms with Crippen LogP contribution in [0.25, 0.3) is 0 Å². The molecule has 0 aliphatic carbocycles. The summed E-state index contributed by atoms with van der Waals surface area (Å²) in [5.74, 6) is 0.863. The first-order valence-corrected chi connectivity index (χ1v) is 5.44. The van der Waals surface area contributed by atoms with Crippen molar-refractivity contribution < 1.29 is 5.11 Å². The Labute approximate surface area is 99.3 Å². The number of hydrogen-bond donors (Lipinski definition) is 1. The number of aromatic nitrogens is 2. The first kappa shape index (κ1) is 11.2. The molecule has 0 saturated heterocycles. The molecule has 84 valence electrons. The van der Waals surface area contributed by atoms with E-state index in [9.17, 15) is 5.11 Å². The maximum Gasteiger partial charge on any atom is 0.111 e. The summed E-state index contributed by atoms with van der Waals surface area (Å²) in [6.07, 6.45) is 3.55. The van der Waals surface area contributed by atoms with Crippen molar-refractivity contribution in [2.24, 2.45) is 7.05 Å². The predicted molar refractivity (Wildman–Crippen MR) is 63.3 cm³/mol. The fourth-order valence-corrected chi connectivity index (χ4v) is 1.69. The van der Waals surface area contributed by atoms with E-state index >= 15 is 0 Å². The average molecular weight is 237 g/mol. The quantitative estimate of drug-likeness (QED) is 0.889. The standard InChI is InChI=1S/C12H13ClN2O/c1-15-7-6-14-12(15)8-11(16)9-2-4-10(13)5-3-9/h2-7,11,16H,8H2,1H3. The van der Waals surface area contributed by atoms with Crippen molar-refractivity contribution in [2.75, 3.05) is 0 Å². The van der Waals surface area contributed by atoms with Gasteiger partial charge in [-0.3, -0.25) is 0 Å². The Hall–Kier alpha value is -1.32. The number of hydrogen-bond acceptors (Lipinski definition) is 2. The van der Waals surface area contributed by atoms with Gasteiger partial charge in [-0.1, -0.05) is 23.7 Å². The van der Waals surface area contributed by atoms with E-state index in [4.69, 9.17) is 11.6 Å². The van der Waals surface area contributed by atoms with Crippen molar-refractivity contribution in [3.63, 3.8) is 0 Å². The second kappa shape index (κ2) is 4.68. The zero-order valence-electron chi connectivity index (χ0n) is 8.97. The fourth-order valence-electron chi connectivity index (χ4n) is 1.57. The highest BCUT2D eigenvalue weighted by molar-refractivity contribution is 6.30. The highest BCUT2D eigenvalue weighted by Gasteiger charge is 2.11. The molecular formula is C12H13ClN2O. The highest BCUT2D eigenvalue weighted by atomic mass is 35.5. The van der Waals surface area contributed by atoms with Gasteiger partial charge in [0, 0.05) is 30.9 Å². The fraction of sp³-hybridized carbons (Fsp3) is 0.250. The van der Waals surface area contributed by atoms with Crippen LogP contribution in [0.2, 0.25) is 5.02 Å². The van der Waals surface area contributed by atoms with Crippen LogP contribution >= 0.6 is 11.6 Å². The molecular weight excluding hydrogens is 224 g/mol. The lowest BCUT2D eigenvalue weighted by atomic mass is 10.1. The molecule has 2 rings (SSSR count). The van der Waals surface area contributed by atoms with Crippen LogP contribution in [0, 0.1) is 0 Å². The molecule has 0 aliphatic heterocycles. The van der Waals surface area contributed by atoms with E-state index < -0.39 is 6.10 Å². The molecule has 1 aromatic carbocycles. The maximum absolute atomic E-state index is 10.0. The van der Waals surface area contributed by atoms with Crippen LogP contribution in [0.15, 0.2) is 36.7 Å². The van der Waals surface area contributed by atoms with Gasteiger partial charge in [0.25, 0.3) is 0 Å². The summed E-state index contributed by atoms with van der Waals surface area (Å²) in [6.45, 7) is 0. The summed E-state index contributed by atoms with van der Waals surface area (Å²) >= 11 is 5.79. The second-order valence-corrected chi connectivity index (χ2v) is 4.16. The van der Waals surface area contributed by atoms with E-state index in [2.05, 4.69) is 4.98 Å². The van der Waals surface area contributed by atoms with Crippen molar-refractivity contribution in [2.45, 2.75) is 12.5 Å². The average Bonchev–Trinajstić information content (AvgIpc) is 2.65. The van der Waals surface area contributed by atoms with Gasteiger partial charge in [-0.25, -0.2) is 4.98 Å². The zero-order valence-corrected chi connectivity index (χ0v) is 9.72. The monoisotopic (exact) mass is 236 g/mol. The van der Waals surface area contributed by atoms with E-state index in [0.717, 1.165) is 11.4 Å². The molecule has 16 heavy (non-hydrogen) atoms. The normalized spacial score (nSPS) is 12.7. The Balaban J connectivity index is 2.11. The molecule has 1 aromatic heterocycles. The van der Waals surface area contributed by atoms with Crippen molar-refractivity contribution in [3.8, 4) is 0 Å². The van der Waals surface area contributed by atoms with Crippen LogP contribution < -0.4 is 0 Å². The Bertz CT molecular complexity index is 464. The Morgan fingerprint density at radius 2 is 2.06 bits per heavy atom. The van der Waals surface area contributed by atoms with Crippen LogP contribution in [0.3, 0.4) is 0 Å². The van der Waals surface area contributed by atoms with Crippen molar-refractivity contribution in [1.29, 1.82) is 0 Å². The molecule has 0 spiro atoms. The first-order valence-electron chi connectivity index (χ1n) is 5.06. The molecule has 4 heteroatoms. The highest BCUT2D eigenvalue weighted by Crippen LogP contribution is 2.19. The van der Waals surface area contributed by atoms with Gasteiger partial charge in [0.05, 0.1) is 6.10 Å². The summed E-state index contributed by atoms with van der Waals surface area (Å²) in [7, 11) is 1.91. The third-order valence-electron chi connectivity index (χ3n) is 2.55. The SMILES string of the molecule is Cn1ccnc1CC(O)c1ccc(Cl)cc1. The van der Waals surface area contributed by atoms with Gasteiger partial charge in [0.1, 0.15) is 5.82 Å². The lowest BCUT2D eigenvalue weighted by Gasteiger charge is -2.10. The maximum atomic E-state index is 10.0. The molecule has 0 saturated carbocycles. The zero-order chi connectivity index (χ0) is 11.5. The lowest BCUT2D eigenvalue weighted by Crippen LogP contribution is -2.06. The molecule has 3 nitrogen and oxygen atoms in total. The minimum Gasteiger partial charge on any atom is -0.388 e. The van der Waals surface area contributed by atoms with Crippen molar-refractivity contribution in [1.82, 2.24) is 9.55 Å². The summed E-state index contributed by atoms with van der Waals surface area (Å²) in [4.78, 5) is 4.18. The smallest absolute Gasteiger partial charge is 0.111 e. The van der Waals surface area contributed by atoms with Gasteiger partial charge in [-0.15, -0.1) is 0 Å². The summed E-state index contributed by atoms with van der Waals surface area (Å²) < 4.78 is 1.90. The molecule has 2 aromatic rings. The largest absolute Gasteiger partial charge is 0.388 e. The van der Waals surface area contributed by atoms with E-state index in [0.29, 0.717) is 11.4 Å². The second-order valence-electron chi connectivity index (χ2n) is 3.73. The molecule has 1 atom stereocenters. The van der Waals surface area contributed by atoms with Crippen LogP contribution in [0.1, 0.15) is 17.5 Å². The minimum atomic E-state index is -0.543. The molecule has 1 heterocycles. The molecule has 0 radical (unpaired) electrons. The van der Waals surface area contributed by atoms with Crippen molar-refractivity contribution >= 4 is 11.6 Å².